The summed E-state index contributed by atoms with van der Waals surface area (Å²) in [6.45, 7) is 1.43. The number of amides is 1. The van der Waals surface area contributed by atoms with Crippen molar-refractivity contribution < 1.29 is 19.4 Å². The van der Waals surface area contributed by atoms with Gasteiger partial charge < -0.3 is 24.8 Å². The van der Waals surface area contributed by atoms with Gasteiger partial charge in [0.05, 0.1) is 11.6 Å². The van der Waals surface area contributed by atoms with Crippen LogP contribution in [-0.4, -0.2) is 47.0 Å². The molecule has 2 aliphatic heterocycles. The summed E-state index contributed by atoms with van der Waals surface area (Å²) >= 11 is 1.36. The van der Waals surface area contributed by atoms with Crippen molar-refractivity contribution >= 4 is 28.1 Å². The first-order valence-electron chi connectivity index (χ1n) is 9.69. The quantitative estimate of drug-likeness (QED) is 0.665. The van der Waals surface area contributed by atoms with Crippen LogP contribution in [0.25, 0.3) is 11.4 Å². The van der Waals surface area contributed by atoms with E-state index in [9.17, 15) is 9.90 Å². The lowest BCUT2D eigenvalue weighted by molar-refractivity contribution is -0.119. The van der Waals surface area contributed by atoms with Crippen LogP contribution in [0.1, 0.15) is 6.42 Å². The summed E-state index contributed by atoms with van der Waals surface area (Å²) < 4.78 is 11.2. The number of carbonyl (C=O) groups is 1. The van der Waals surface area contributed by atoms with Gasteiger partial charge in [-0.05, 0) is 24.3 Å². The fourth-order valence-corrected chi connectivity index (χ4v) is 4.37. The molecule has 1 aromatic carbocycles. The molecule has 4 heterocycles. The van der Waals surface area contributed by atoms with Crippen LogP contribution in [0.5, 0.6) is 11.5 Å². The van der Waals surface area contributed by atoms with Gasteiger partial charge in [-0.2, -0.15) is 0 Å². The number of nitrogens with one attached hydrogen (secondary N) is 1. The van der Waals surface area contributed by atoms with E-state index in [1.54, 1.807) is 6.20 Å². The maximum atomic E-state index is 12.8. The Morgan fingerprint density at radius 2 is 2.03 bits per heavy atom. The highest BCUT2D eigenvalue weighted by Gasteiger charge is 2.36. The molecule has 1 saturated heterocycles. The Bertz CT molecular complexity index is 1060. The SMILES string of the molecule is O=C(Nc1nc(-c2ccccn2)cs1)C1CC(O)N(c2ccc3c(c2)OCCO3)C1. The van der Waals surface area contributed by atoms with Crippen LogP contribution in [0.4, 0.5) is 10.8 Å². The molecule has 1 amide bonds. The molecule has 0 spiro atoms. The lowest BCUT2D eigenvalue weighted by atomic mass is 10.1. The molecule has 2 unspecified atom stereocenters. The van der Waals surface area contributed by atoms with Crippen molar-refractivity contribution in [3.05, 3.63) is 48.0 Å². The second kappa shape index (κ2) is 7.92. The highest BCUT2D eigenvalue weighted by Crippen LogP contribution is 2.37. The van der Waals surface area contributed by atoms with Gasteiger partial charge in [0.25, 0.3) is 0 Å². The minimum absolute atomic E-state index is 0.156. The maximum Gasteiger partial charge on any atom is 0.231 e. The second-order valence-corrected chi connectivity index (χ2v) is 7.99. The number of aliphatic hydroxyl groups is 1. The van der Waals surface area contributed by atoms with Crippen LogP contribution >= 0.6 is 11.3 Å². The number of hydrogen-bond donors (Lipinski definition) is 2. The molecule has 2 N–H and O–H groups in total. The normalized spacial score (nSPS) is 20.2. The van der Waals surface area contributed by atoms with E-state index in [0.29, 0.717) is 42.8 Å². The third kappa shape index (κ3) is 3.69. The number of benzene rings is 1. The lowest BCUT2D eigenvalue weighted by Gasteiger charge is -2.25. The fraction of sp³-hybridized carbons (Fsp3) is 0.286. The molecule has 1 fully saturated rings. The smallest absolute Gasteiger partial charge is 0.231 e. The van der Waals surface area contributed by atoms with Crippen LogP contribution in [0.2, 0.25) is 0 Å². The standard InChI is InChI=1S/C21H20N4O4S/c26-19-9-13(11-25(19)14-4-5-17-18(10-14)29-8-7-28-17)20(27)24-21-23-16(12-30-21)15-3-1-2-6-22-15/h1-6,10,12-13,19,26H,7-9,11H2,(H,23,24,27). The van der Waals surface area contributed by atoms with Crippen molar-refractivity contribution in [1.82, 2.24) is 9.97 Å². The van der Waals surface area contributed by atoms with Crippen molar-refractivity contribution in [3.63, 3.8) is 0 Å². The van der Waals surface area contributed by atoms with E-state index in [-0.39, 0.29) is 11.8 Å². The molecule has 8 nitrogen and oxygen atoms in total. The zero-order valence-corrected chi connectivity index (χ0v) is 16.8. The average Bonchev–Trinajstić information content (AvgIpc) is 3.41. The van der Waals surface area contributed by atoms with E-state index in [2.05, 4.69) is 15.3 Å². The summed E-state index contributed by atoms with van der Waals surface area (Å²) in [6, 6.07) is 11.2. The van der Waals surface area contributed by atoms with Gasteiger partial charge >= 0.3 is 0 Å². The van der Waals surface area contributed by atoms with Crippen LogP contribution in [0.15, 0.2) is 48.0 Å². The number of anilines is 2. The molecular formula is C21H20N4O4S. The minimum atomic E-state index is -0.747. The first-order valence-corrected chi connectivity index (χ1v) is 10.6. The van der Waals surface area contributed by atoms with Gasteiger partial charge in [0, 0.05) is 36.3 Å². The average molecular weight is 424 g/mol. The summed E-state index contributed by atoms with van der Waals surface area (Å²) in [7, 11) is 0. The Morgan fingerprint density at radius 3 is 2.87 bits per heavy atom. The molecule has 9 heteroatoms. The van der Waals surface area contributed by atoms with E-state index in [1.807, 2.05) is 46.7 Å². The monoisotopic (exact) mass is 424 g/mol. The Morgan fingerprint density at radius 1 is 1.17 bits per heavy atom. The van der Waals surface area contributed by atoms with Gasteiger partial charge in [-0.25, -0.2) is 4.98 Å². The molecule has 2 aliphatic rings. The van der Waals surface area contributed by atoms with Crippen molar-refractivity contribution in [2.45, 2.75) is 12.6 Å². The van der Waals surface area contributed by atoms with Gasteiger partial charge in [0.15, 0.2) is 16.6 Å². The fourth-order valence-electron chi connectivity index (χ4n) is 3.66. The number of hydrogen-bond acceptors (Lipinski definition) is 8. The number of ether oxygens (including phenoxy) is 2. The van der Waals surface area contributed by atoms with Crippen molar-refractivity contribution in [2.75, 3.05) is 30.0 Å². The topological polar surface area (TPSA) is 96.8 Å². The highest BCUT2D eigenvalue weighted by atomic mass is 32.1. The van der Waals surface area contributed by atoms with Crippen molar-refractivity contribution in [3.8, 4) is 22.9 Å². The van der Waals surface area contributed by atoms with E-state index in [1.165, 1.54) is 11.3 Å². The molecule has 2 aromatic heterocycles. The van der Waals surface area contributed by atoms with E-state index in [4.69, 9.17) is 9.47 Å². The van der Waals surface area contributed by atoms with Crippen LogP contribution in [0, 0.1) is 5.92 Å². The minimum Gasteiger partial charge on any atom is -0.486 e. The Labute approximate surface area is 177 Å². The first-order chi connectivity index (χ1) is 14.7. The Hall–Kier alpha value is -3.17. The van der Waals surface area contributed by atoms with Crippen LogP contribution < -0.4 is 19.7 Å². The number of nitrogens with zero attached hydrogens (tertiary/aromatic N) is 3. The largest absolute Gasteiger partial charge is 0.486 e. The third-order valence-electron chi connectivity index (χ3n) is 5.16. The number of thiazole rings is 1. The van der Waals surface area contributed by atoms with Gasteiger partial charge in [-0.15, -0.1) is 11.3 Å². The molecule has 30 heavy (non-hydrogen) atoms. The lowest BCUT2D eigenvalue weighted by Crippen LogP contribution is -2.30. The molecule has 0 aliphatic carbocycles. The molecule has 0 saturated carbocycles. The van der Waals surface area contributed by atoms with Gasteiger partial charge in [-0.1, -0.05) is 6.07 Å². The van der Waals surface area contributed by atoms with Crippen LogP contribution in [-0.2, 0) is 4.79 Å². The van der Waals surface area contributed by atoms with E-state index in [0.717, 1.165) is 17.1 Å². The summed E-state index contributed by atoms with van der Waals surface area (Å²) in [5.41, 5.74) is 2.28. The third-order valence-corrected chi connectivity index (χ3v) is 5.92. The summed E-state index contributed by atoms with van der Waals surface area (Å²) in [6.07, 6.45) is 1.31. The second-order valence-electron chi connectivity index (χ2n) is 7.14. The number of rotatable bonds is 4. The van der Waals surface area contributed by atoms with Gasteiger partial charge in [-0.3, -0.25) is 9.78 Å². The number of aromatic nitrogens is 2. The number of fused-ring (bicyclic) bond motifs is 1. The van der Waals surface area contributed by atoms with E-state index < -0.39 is 6.23 Å². The molecule has 0 radical (unpaired) electrons. The summed E-state index contributed by atoms with van der Waals surface area (Å²) in [4.78, 5) is 23.3. The summed E-state index contributed by atoms with van der Waals surface area (Å²) in [5.74, 6) is 0.843. The number of pyridine rings is 1. The predicted molar refractivity (Wildman–Crippen MR) is 113 cm³/mol. The number of aliphatic hydroxyl groups excluding tert-OH is 1. The predicted octanol–water partition coefficient (Wildman–Crippen LogP) is 2.76. The molecule has 3 aromatic rings. The Kier molecular flexibility index (Phi) is 4.97. The zero-order chi connectivity index (χ0) is 20.5. The van der Waals surface area contributed by atoms with Crippen molar-refractivity contribution in [2.24, 2.45) is 5.92 Å². The number of carbonyl (C=O) groups excluding carboxylic acids is 1. The zero-order valence-electron chi connectivity index (χ0n) is 16.0. The molecule has 0 bridgehead atoms. The Balaban J connectivity index is 1.26. The van der Waals surface area contributed by atoms with Crippen LogP contribution in [0.3, 0.4) is 0 Å². The molecule has 154 valence electrons. The molecule has 5 rings (SSSR count). The van der Waals surface area contributed by atoms with Crippen molar-refractivity contribution in [1.29, 1.82) is 0 Å². The van der Waals surface area contributed by atoms with Gasteiger partial charge in [0.2, 0.25) is 5.91 Å². The maximum absolute atomic E-state index is 12.8. The first kappa shape index (κ1) is 18.8. The molecular weight excluding hydrogens is 404 g/mol. The van der Waals surface area contributed by atoms with Gasteiger partial charge in [0.1, 0.15) is 25.1 Å². The van der Waals surface area contributed by atoms with E-state index >= 15 is 0 Å². The molecule has 2 atom stereocenters. The highest BCUT2D eigenvalue weighted by molar-refractivity contribution is 7.14. The summed E-state index contributed by atoms with van der Waals surface area (Å²) in [5, 5.41) is 15.8.